The molecule has 1 aliphatic rings. The minimum absolute atomic E-state index is 0.223. The number of aliphatic hydroxyl groups excluding tert-OH is 1. The SMILES string of the molecule is CCOC(=O)CN(CC(O)COC)C1CC1. The summed E-state index contributed by atoms with van der Waals surface area (Å²) in [6, 6.07) is 0.427. The Morgan fingerprint density at radius 3 is 2.75 bits per heavy atom. The van der Waals surface area contributed by atoms with Crippen LogP contribution in [0.1, 0.15) is 19.8 Å². The van der Waals surface area contributed by atoms with Gasteiger partial charge in [-0.25, -0.2) is 0 Å². The van der Waals surface area contributed by atoms with Gasteiger partial charge in [-0.05, 0) is 19.8 Å². The van der Waals surface area contributed by atoms with E-state index < -0.39 is 6.10 Å². The maximum absolute atomic E-state index is 11.3. The lowest BCUT2D eigenvalue weighted by Gasteiger charge is -2.23. The molecule has 1 aliphatic carbocycles. The molecular weight excluding hydrogens is 210 g/mol. The number of hydrogen-bond acceptors (Lipinski definition) is 5. The van der Waals surface area contributed by atoms with Gasteiger partial charge in [0.05, 0.1) is 25.9 Å². The van der Waals surface area contributed by atoms with E-state index in [0.717, 1.165) is 12.8 Å². The van der Waals surface area contributed by atoms with E-state index in [1.54, 1.807) is 14.0 Å². The maximum atomic E-state index is 11.3. The average molecular weight is 231 g/mol. The van der Waals surface area contributed by atoms with Crippen molar-refractivity contribution in [3.05, 3.63) is 0 Å². The molecule has 1 saturated carbocycles. The summed E-state index contributed by atoms with van der Waals surface area (Å²) in [4.78, 5) is 13.3. The largest absolute Gasteiger partial charge is 0.465 e. The van der Waals surface area contributed by atoms with Gasteiger partial charge in [-0.15, -0.1) is 0 Å². The Labute approximate surface area is 96.3 Å². The quantitative estimate of drug-likeness (QED) is 0.597. The zero-order valence-electron chi connectivity index (χ0n) is 10.0. The number of carbonyl (C=O) groups excluding carboxylic acids is 1. The second-order valence-corrected chi connectivity index (χ2v) is 4.07. The van der Waals surface area contributed by atoms with E-state index >= 15 is 0 Å². The molecule has 0 heterocycles. The van der Waals surface area contributed by atoms with Crippen molar-refractivity contribution in [2.24, 2.45) is 0 Å². The van der Waals surface area contributed by atoms with Gasteiger partial charge in [-0.1, -0.05) is 0 Å². The first kappa shape index (κ1) is 13.4. The van der Waals surface area contributed by atoms with Gasteiger partial charge >= 0.3 is 5.97 Å². The zero-order chi connectivity index (χ0) is 12.0. The minimum Gasteiger partial charge on any atom is -0.465 e. The van der Waals surface area contributed by atoms with Crippen LogP contribution in [0.15, 0.2) is 0 Å². The minimum atomic E-state index is -0.542. The van der Waals surface area contributed by atoms with Crippen molar-refractivity contribution in [3.8, 4) is 0 Å². The summed E-state index contributed by atoms with van der Waals surface area (Å²) in [5.74, 6) is -0.223. The molecule has 1 atom stereocenters. The van der Waals surface area contributed by atoms with E-state index in [-0.39, 0.29) is 12.5 Å². The van der Waals surface area contributed by atoms with E-state index in [2.05, 4.69) is 0 Å². The van der Waals surface area contributed by atoms with Crippen molar-refractivity contribution >= 4 is 5.97 Å². The number of ether oxygens (including phenoxy) is 2. The fraction of sp³-hybridized carbons (Fsp3) is 0.909. The molecule has 1 N–H and O–H groups in total. The van der Waals surface area contributed by atoms with Gasteiger partial charge in [0.15, 0.2) is 0 Å². The lowest BCUT2D eigenvalue weighted by Crippen LogP contribution is -2.40. The molecule has 5 nitrogen and oxygen atoms in total. The smallest absolute Gasteiger partial charge is 0.320 e. The fourth-order valence-corrected chi connectivity index (χ4v) is 1.67. The van der Waals surface area contributed by atoms with Crippen LogP contribution in [-0.2, 0) is 14.3 Å². The Morgan fingerprint density at radius 1 is 1.56 bits per heavy atom. The molecule has 0 aromatic carbocycles. The van der Waals surface area contributed by atoms with Crippen LogP contribution < -0.4 is 0 Å². The summed E-state index contributed by atoms with van der Waals surface area (Å²) in [5.41, 5.74) is 0. The van der Waals surface area contributed by atoms with Crippen molar-refractivity contribution < 1.29 is 19.4 Å². The Kier molecular flexibility index (Phi) is 5.73. The average Bonchev–Trinajstić information content (AvgIpc) is 3.00. The lowest BCUT2D eigenvalue weighted by molar-refractivity contribution is -0.145. The van der Waals surface area contributed by atoms with Crippen LogP contribution in [0.5, 0.6) is 0 Å². The van der Waals surface area contributed by atoms with E-state index in [1.807, 2.05) is 4.90 Å². The summed E-state index contributed by atoms with van der Waals surface area (Å²) in [6.07, 6.45) is 1.65. The Balaban J connectivity index is 2.32. The standard InChI is InChI=1S/C11H21NO4/c1-3-16-11(14)7-12(9-4-5-9)6-10(13)8-15-2/h9-10,13H,3-8H2,1-2H3. The van der Waals surface area contributed by atoms with Crippen LogP contribution in [0.4, 0.5) is 0 Å². The van der Waals surface area contributed by atoms with Crippen molar-refractivity contribution in [1.29, 1.82) is 0 Å². The molecule has 94 valence electrons. The monoisotopic (exact) mass is 231 g/mol. The van der Waals surface area contributed by atoms with Gasteiger partial charge in [0, 0.05) is 19.7 Å². The van der Waals surface area contributed by atoms with Crippen molar-refractivity contribution in [1.82, 2.24) is 4.90 Å². The molecule has 16 heavy (non-hydrogen) atoms. The van der Waals surface area contributed by atoms with Gasteiger partial charge in [0.25, 0.3) is 0 Å². The maximum Gasteiger partial charge on any atom is 0.320 e. The van der Waals surface area contributed by atoms with Gasteiger partial charge < -0.3 is 14.6 Å². The van der Waals surface area contributed by atoms with Crippen LogP contribution in [0.2, 0.25) is 0 Å². The third-order valence-corrected chi connectivity index (χ3v) is 2.51. The topological polar surface area (TPSA) is 59.0 Å². The van der Waals surface area contributed by atoms with Crippen LogP contribution in [0.25, 0.3) is 0 Å². The molecule has 0 bridgehead atoms. The zero-order valence-corrected chi connectivity index (χ0v) is 10.0. The van der Waals surface area contributed by atoms with Gasteiger partial charge in [0.1, 0.15) is 0 Å². The molecule has 1 fully saturated rings. The molecule has 1 unspecified atom stereocenters. The van der Waals surface area contributed by atoms with E-state index in [4.69, 9.17) is 9.47 Å². The van der Waals surface area contributed by atoms with Crippen LogP contribution in [0, 0.1) is 0 Å². The van der Waals surface area contributed by atoms with Crippen LogP contribution in [-0.4, -0.2) is 61.5 Å². The first-order valence-electron chi connectivity index (χ1n) is 5.74. The predicted octanol–water partition coefficient (Wildman–Crippen LogP) is 0.0212. The Morgan fingerprint density at radius 2 is 2.25 bits per heavy atom. The highest BCUT2D eigenvalue weighted by Gasteiger charge is 2.31. The first-order chi connectivity index (χ1) is 7.67. The molecule has 0 aromatic heterocycles. The number of carbonyl (C=O) groups is 1. The number of nitrogens with zero attached hydrogens (tertiary/aromatic N) is 1. The van der Waals surface area contributed by atoms with E-state index in [9.17, 15) is 9.90 Å². The predicted molar refractivity (Wildman–Crippen MR) is 59.1 cm³/mol. The van der Waals surface area contributed by atoms with E-state index in [0.29, 0.717) is 25.8 Å². The summed E-state index contributed by atoms with van der Waals surface area (Å²) in [5, 5.41) is 9.62. The fourth-order valence-electron chi connectivity index (χ4n) is 1.67. The third kappa shape index (κ3) is 4.92. The van der Waals surface area contributed by atoms with Crippen LogP contribution in [0.3, 0.4) is 0 Å². The molecule has 0 saturated heterocycles. The van der Waals surface area contributed by atoms with Gasteiger partial charge in [-0.2, -0.15) is 0 Å². The number of hydrogen-bond donors (Lipinski definition) is 1. The summed E-state index contributed by atoms with van der Waals surface area (Å²) in [6.45, 7) is 3.22. The molecule has 5 heteroatoms. The molecule has 0 radical (unpaired) electrons. The molecule has 0 amide bonds. The summed E-state index contributed by atoms with van der Waals surface area (Å²) in [7, 11) is 1.55. The second kappa shape index (κ2) is 6.83. The number of aliphatic hydroxyl groups is 1. The molecule has 0 spiro atoms. The van der Waals surface area contributed by atoms with Crippen LogP contribution >= 0.6 is 0 Å². The van der Waals surface area contributed by atoms with E-state index in [1.165, 1.54) is 0 Å². The Hall–Kier alpha value is -0.650. The highest BCUT2D eigenvalue weighted by atomic mass is 16.5. The Bertz CT molecular complexity index is 218. The summed E-state index contributed by atoms with van der Waals surface area (Å²) < 4.78 is 9.76. The molecule has 1 rings (SSSR count). The summed E-state index contributed by atoms with van der Waals surface area (Å²) >= 11 is 0. The van der Waals surface area contributed by atoms with Crippen molar-refractivity contribution in [3.63, 3.8) is 0 Å². The number of esters is 1. The third-order valence-electron chi connectivity index (χ3n) is 2.51. The van der Waals surface area contributed by atoms with Gasteiger partial charge in [-0.3, -0.25) is 9.69 Å². The second-order valence-electron chi connectivity index (χ2n) is 4.07. The molecule has 0 aliphatic heterocycles. The normalized spacial score (nSPS) is 17.5. The molecular formula is C11H21NO4. The van der Waals surface area contributed by atoms with Crippen molar-refractivity contribution in [2.45, 2.75) is 31.9 Å². The van der Waals surface area contributed by atoms with Gasteiger partial charge in [0.2, 0.25) is 0 Å². The number of rotatable bonds is 8. The highest BCUT2D eigenvalue weighted by molar-refractivity contribution is 5.71. The highest BCUT2D eigenvalue weighted by Crippen LogP contribution is 2.26. The number of methoxy groups -OCH3 is 1. The molecule has 0 aromatic rings. The van der Waals surface area contributed by atoms with Crippen molar-refractivity contribution in [2.75, 3.05) is 33.4 Å². The lowest BCUT2D eigenvalue weighted by atomic mass is 10.3. The first-order valence-corrected chi connectivity index (χ1v) is 5.74.